The molecule has 1 saturated heterocycles. The van der Waals surface area contributed by atoms with Gasteiger partial charge in [0, 0.05) is 72.3 Å². The topological polar surface area (TPSA) is 101 Å². The van der Waals surface area contributed by atoms with E-state index in [1.54, 1.807) is 6.07 Å². The van der Waals surface area contributed by atoms with Crippen LogP contribution in [0.3, 0.4) is 0 Å². The van der Waals surface area contributed by atoms with Gasteiger partial charge in [0.25, 0.3) is 0 Å². The third-order valence-corrected chi connectivity index (χ3v) is 10.8. The van der Waals surface area contributed by atoms with Gasteiger partial charge >= 0.3 is 11.9 Å². The van der Waals surface area contributed by atoms with E-state index in [9.17, 15) is 9.59 Å². The average molecular weight is 732 g/mol. The average Bonchev–Trinajstić information content (AvgIpc) is 3.64. The number of aromatic nitrogens is 1. The minimum atomic E-state index is -0.692. The number of benzene rings is 2. The lowest BCUT2D eigenvalue weighted by Gasteiger charge is -2.36. The number of carboxylic acid groups (broad SMARTS) is 1. The van der Waals surface area contributed by atoms with Crippen molar-refractivity contribution in [3.63, 3.8) is 0 Å². The Labute approximate surface area is 313 Å². The van der Waals surface area contributed by atoms with Crippen LogP contribution < -0.4 is 14.4 Å². The molecule has 0 radical (unpaired) electrons. The highest BCUT2D eigenvalue weighted by Gasteiger charge is 2.18. The second kappa shape index (κ2) is 22.2. The number of hydrogen-bond acceptors (Lipinski definition) is 9. The van der Waals surface area contributed by atoms with E-state index >= 15 is 0 Å². The molecule has 2 aromatic heterocycles. The van der Waals surface area contributed by atoms with E-state index in [1.807, 2.05) is 35.6 Å². The maximum Gasteiger partial charge on any atom is 0.308 e. The number of aliphatic carboxylic acids is 1. The Kier molecular flexibility index (Phi) is 16.8. The van der Waals surface area contributed by atoms with Crippen LogP contribution in [-0.2, 0) is 14.3 Å². The molecule has 0 bridgehead atoms. The molecule has 3 heterocycles. The second-order valence-electron chi connectivity index (χ2n) is 13.9. The van der Waals surface area contributed by atoms with Crippen LogP contribution in [-0.4, -0.2) is 73.1 Å². The highest BCUT2D eigenvalue weighted by Crippen LogP contribution is 2.31. The van der Waals surface area contributed by atoms with Crippen LogP contribution >= 0.6 is 11.3 Å². The molecule has 0 spiro atoms. The van der Waals surface area contributed by atoms with Crippen molar-refractivity contribution in [2.75, 3.05) is 51.0 Å². The Hall–Kier alpha value is -3.89. The first kappa shape index (κ1) is 39.3. The van der Waals surface area contributed by atoms with Crippen LogP contribution in [0.5, 0.6) is 11.6 Å². The molecule has 9 nitrogen and oxygen atoms in total. The lowest BCUT2D eigenvalue weighted by Crippen LogP contribution is -2.46. The molecule has 2 aromatic carbocycles. The van der Waals surface area contributed by atoms with Gasteiger partial charge in [0.15, 0.2) is 0 Å². The molecule has 282 valence electrons. The zero-order valence-electron chi connectivity index (χ0n) is 30.8. The summed E-state index contributed by atoms with van der Waals surface area (Å²) in [5, 5.41) is 13.2. The predicted molar refractivity (Wildman–Crippen MR) is 211 cm³/mol. The lowest BCUT2D eigenvalue weighted by molar-refractivity contribution is -0.150. The summed E-state index contributed by atoms with van der Waals surface area (Å²) in [6, 6.07) is 18.6. The van der Waals surface area contributed by atoms with E-state index in [0.717, 1.165) is 101 Å². The fraction of sp³-hybridized carbons (Fsp3) is 0.548. The number of ether oxygens (including phenoxy) is 3. The largest absolute Gasteiger partial charge is 0.494 e. The number of pyridine rings is 1. The fourth-order valence-corrected chi connectivity index (χ4v) is 7.69. The van der Waals surface area contributed by atoms with Gasteiger partial charge in [-0.3, -0.25) is 14.5 Å². The van der Waals surface area contributed by atoms with Crippen molar-refractivity contribution in [1.29, 1.82) is 0 Å². The predicted octanol–water partition coefficient (Wildman–Crippen LogP) is 9.86. The normalized spacial score (nSPS) is 13.5. The van der Waals surface area contributed by atoms with E-state index in [1.165, 1.54) is 54.3 Å². The van der Waals surface area contributed by atoms with E-state index in [4.69, 9.17) is 19.3 Å². The van der Waals surface area contributed by atoms with E-state index in [-0.39, 0.29) is 12.8 Å². The first-order chi connectivity index (χ1) is 25.5. The van der Waals surface area contributed by atoms with Crippen LogP contribution in [0.25, 0.3) is 21.0 Å². The number of nitrogens with zero attached hydrogens (tertiary/aromatic N) is 3. The summed E-state index contributed by atoms with van der Waals surface area (Å²) < 4.78 is 18.4. The Bertz CT molecular complexity index is 1650. The van der Waals surface area contributed by atoms with Gasteiger partial charge in [-0.25, -0.2) is 4.98 Å². The van der Waals surface area contributed by atoms with Crippen molar-refractivity contribution in [1.82, 2.24) is 9.88 Å². The van der Waals surface area contributed by atoms with Gasteiger partial charge in [0.1, 0.15) is 5.75 Å². The maximum absolute atomic E-state index is 12.2. The molecular formula is C42H57N3O6S. The van der Waals surface area contributed by atoms with Crippen molar-refractivity contribution in [2.45, 2.75) is 103 Å². The fourth-order valence-electron chi connectivity index (χ4n) is 6.88. The number of hydrogen-bond donors (Lipinski definition) is 1. The number of carbonyl (C=O) groups excluding carboxylic acids is 1. The van der Waals surface area contributed by atoms with Crippen molar-refractivity contribution in [2.24, 2.45) is 0 Å². The molecule has 0 amide bonds. The monoisotopic (exact) mass is 731 g/mol. The molecule has 52 heavy (non-hydrogen) atoms. The number of carboxylic acids is 1. The lowest BCUT2D eigenvalue weighted by atomic mass is 10.0. The number of fused-ring (bicyclic) bond motifs is 2. The number of anilines is 1. The Morgan fingerprint density at radius 1 is 0.731 bits per heavy atom. The van der Waals surface area contributed by atoms with Gasteiger partial charge in [-0.15, -0.1) is 11.3 Å². The van der Waals surface area contributed by atoms with Gasteiger partial charge in [0.05, 0.1) is 12.1 Å². The summed E-state index contributed by atoms with van der Waals surface area (Å²) in [5.41, 5.74) is 2.15. The second-order valence-corrected chi connectivity index (χ2v) is 14.9. The maximum atomic E-state index is 12.2. The van der Waals surface area contributed by atoms with Gasteiger partial charge in [-0.2, -0.15) is 0 Å². The van der Waals surface area contributed by atoms with Crippen molar-refractivity contribution < 1.29 is 28.9 Å². The van der Waals surface area contributed by atoms with Gasteiger partial charge in [-0.1, -0.05) is 70.3 Å². The van der Waals surface area contributed by atoms with Crippen LogP contribution in [0, 0.1) is 0 Å². The van der Waals surface area contributed by atoms with Gasteiger partial charge < -0.3 is 24.2 Å². The SMILES string of the molecule is O=C(O)CCCCCCCCCCCCCCC(=O)OCOc1ccc2ccc(OCCCCN3CCN(c4cccc5sccc45)CC3)cc2n1. The molecule has 4 aromatic rings. The molecular weight excluding hydrogens is 675 g/mol. The molecule has 1 fully saturated rings. The van der Waals surface area contributed by atoms with Gasteiger partial charge in [-0.05, 0) is 74.0 Å². The van der Waals surface area contributed by atoms with Crippen LogP contribution in [0.15, 0.2) is 60.0 Å². The number of piperazine rings is 1. The third kappa shape index (κ3) is 13.6. The standard InChI is InChI=1S/C42H57N3O6S/c46-41(47)18-11-9-7-5-3-1-2-4-6-8-10-12-19-42(48)51-33-50-40-23-21-34-20-22-35(32-37(34)43-40)49-30-14-13-25-44-26-28-45(29-27-44)38-16-15-17-39-36(38)24-31-52-39/h15-17,20-24,31-32H,1-14,18-19,25-30,33H2,(H,46,47). The molecule has 0 aliphatic carbocycles. The molecule has 1 aliphatic rings. The van der Waals surface area contributed by atoms with E-state index < -0.39 is 5.97 Å². The summed E-state index contributed by atoms with van der Waals surface area (Å²) in [5.74, 6) is 0.278. The molecule has 0 saturated carbocycles. The highest BCUT2D eigenvalue weighted by molar-refractivity contribution is 7.17. The molecule has 0 unspecified atom stereocenters. The minimum absolute atomic E-state index is 0.146. The number of esters is 1. The third-order valence-electron chi connectivity index (χ3n) is 9.91. The van der Waals surface area contributed by atoms with Crippen molar-refractivity contribution in [3.05, 3.63) is 60.0 Å². The smallest absolute Gasteiger partial charge is 0.308 e. The first-order valence-corrected chi connectivity index (χ1v) is 20.4. The summed E-state index contributed by atoms with van der Waals surface area (Å²) in [6.07, 6.45) is 16.1. The highest BCUT2D eigenvalue weighted by atomic mass is 32.1. The van der Waals surface area contributed by atoms with Crippen LogP contribution in [0.4, 0.5) is 5.69 Å². The quantitative estimate of drug-likeness (QED) is 0.0406. The van der Waals surface area contributed by atoms with Crippen LogP contribution in [0.1, 0.15) is 103 Å². The Morgan fingerprint density at radius 2 is 1.42 bits per heavy atom. The van der Waals surface area contributed by atoms with Gasteiger partial charge in [0.2, 0.25) is 12.7 Å². The number of rotatable bonds is 25. The number of unbranched alkanes of at least 4 members (excludes halogenated alkanes) is 12. The number of thiophene rings is 1. The molecule has 1 N–H and O–H groups in total. The summed E-state index contributed by atoms with van der Waals surface area (Å²) >= 11 is 1.81. The minimum Gasteiger partial charge on any atom is -0.494 e. The Balaban J connectivity index is 0.872. The zero-order chi connectivity index (χ0) is 36.2. The number of carbonyl (C=O) groups is 2. The zero-order valence-corrected chi connectivity index (χ0v) is 31.6. The van der Waals surface area contributed by atoms with Crippen molar-refractivity contribution >= 4 is 50.0 Å². The molecule has 0 atom stereocenters. The Morgan fingerprint density at radius 3 is 2.15 bits per heavy atom. The first-order valence-electron chi connectivity index (χ1n) is 19.5. The molecule has 1 aliphatic heterocycles. The van der Waals surface area contributed by atoms with E-state index in [0.29, 0.717) is 25.3 Å². The van der Waals surface area contributed by atoms with E-state index in [2.05, 4.69) is 44.4 Å². The summed E-state index contributed by atoms with van der Waals surface area (Å²) in [4.78, 5) is 32.4. The molecule has 10 heteroatoms. The van der Waals surface area contributed by atoms with Crippen LogP contribution in [0.2, 0.25) is 0 Å². The molecule has 5 rings (SSSR count). The summed E-state index contributed by atoms with van der Waals surface area (Å²) in [6.45, 7) is 5.91. The summed E-state index contributed by atoms with van der Waals surface area (Å²) in [7, 11) is 0. The van der Waals surface area contributed by atoms with Crippen molar-refractivity contribution in [3.8, 4) is 11.6 Å².